The lowest BCUT2D eigenvalue weighted by Gasteiger charge is -2.38. The van der Waals surface area contributed by atoms with Crippen molar-refractivity contribution in [2.75, 3.05) is 13.1 Å². The second kappa shape index (κ2) is 6.06. The Hall–Kier alpha value is -1.55. The summed E-state index contributed by atoms with van der Waals surface area (Å²) >= 11 is 0. The lowest BCUT2D eigenvalue weighted by molar-refractivity contribution is 0.0529. The van der Waals surface area contributed by atoms with Crippen molar-refractivity contribution in [2.24, 2.45) is 0 Å². The number of esters is 1. The van der Waals surface area contributed by atoms with E-state index in [0.717, 1.165) is 17.9 Å². The van der Waals surface area contributed by atoms with Crippen LogP contribution >= 0.6 is 0 Å². The molecule has 2 atom stereocenters. The molecular formula is C17H23NO3. The molecule has 0 saturated carbocycles. The third kappa shape index (κ3) is 2.91. The van der Waals surface area contributed by atoms with Gasteiger partial charge >= 0.3 is 5.97 Å². The minimum absolute atomic E-state index is 0.154. The Labute approximate surface area is 126 Å². The van der Waals surface area contributed by atoms with Crippen LogP contribution in [0.25, 0.3) is 0 Å². The van der Waals surface area contributed by atoms with Crippen LogP contribution in [-0.2, 0) is 11.3 Å². The average molecular weight is 289 g/mol. The summed E-state index contributed by atoms with van der Waals surface area (Å²) in [6.07, 6.45) is 3.92. The van der Waals surface area contributed by atoms with Gasteiger partial charge in [-0.05, 0) is 51.1 Å². The molecule has 4 nitrogen and oxygen atoms in total. The smallest absolute Gasteiger partial charge is 0.338 e. The molecule has 2 aliphatic rings. The molecule has 0 aromatic heterocycles. The number of ether oxygens (including phenoxy) is 2. The van der Waals surface area contributed by atoms with Gasteiger partial charge in [-0.1, -0.05) is 13.3 Å². The Morgan fingerprint density at radius 1 is 1.43 bits per heavy atom. The number of likely N-dealkylation sites (N-methyl/N-ethyl adjacent to an activating group) is 1. The first-order valence-corrected chi connectivity index (χ1v) is 7.90. The van der Waals surface area contributed by atoms with Gasteiger partial charge in [-0.15, -0.1) is 0 Å². The molecule has 1 fully saturated rings. The number of nitrogens with zero attached hydrogens (tertiary/aromatic N) is 1. The molecule has 0 amide bonds. The number of carbonyl (C=O) groups is 1. The molecule has 1 aromatic carbocycles. The zero-order valence-electron chi connectivity index (χ0n) is 12.8. The van der Waals surface area contributed by atoms with E-state index in [2.05, 4.69) is 18.7 Å². The first kappa shape index (κ1) is 14.4. The van der Waals surface area contributed by atoms with Crippen molar-refractivity contribution in [2.45, 2.75) is 51.9 Å². The van der Waals surface area contributed by atoms with Crippen LogP contribution in [0.1, 0.15) is 49.0 Å². The van der Waals surface area contributed by atoms with Gasteiger partial charge in [0.05, 0.1) is 5.56 Å². The third-order valence-corrected chi connectivity index (χ3v) is 4.59. The van der Waals surface area contributed by atoms with Crippen LogP contribution in [0, 0.1) is 0 Å². The number of cyclic esters (lactones) is 1. The van der Waals surface area contributed by atoms with E-state index in [4.69, 9.17) is 9.47 Å². The van der Waals surface area contributed by atoms with Crippen LogP contribution in [0.5, 0.6) is 5.75 Å². The number of benzene rings is 1. The van der Waals surface area contributed by atoms with E-state index in [1.807, 2.05) is 18.2 Å². The van der Waals surface area contributed by atoms with Crippen LogP contribution < -0.4 is 4.74 Å². The molecule has 0 aliphatic carbocycles. The standard InChI is InChI=1S/C17H23NO3/c1-3-18-9-5-4-6-16(18)12(2)21-14-7-8-15-13(10-14)11-20-17(15)19/h7-8,10,12,16H,3-6,9,11H2,1-2H3/t12?,16-/m0/s1. The maximum Gasteiger partial charge on any atom is 0.338 e. The number of hydrogen-bond donors (Lipinski definition) is 0. The van der Waals surface area contributed by atoms with Crippen LogP contribution in [0.15, 0.2) is 18.2 Å². The summed E-state index contributed by atoms with van der Waals surface area (Å²) in [7, 11) is 0. The molecule has 1 unspecified atom stereocenters. The molecule has 0 N–H and O–H groups in total. The topological polar surface area (TPSA) is 38.8 Å². The lowest BCUT2D eigenvalue weighted by Crippen LogP contribution is -2.47. The summed E-state index contributed by atoms with van der Waals surface area (Å²) in [5.41, 5.74) is 1.60. The highest BCUT2D eigenvalue weighted by atomic mass is 16.5. The summed E-state index contributed by atoms with van der Waals surface area (Å²) in [6.45, 7) is 6.97. The van der Waals surface area contributed by atoms with Crippen molar-refractivity contribution >= 4 is 5.97 Å². The molecule has 2 heterocycles. The third-order valence-electron chi connectivity index (χ3n) is 4.59. The molecule has 1 saturated heterocycles. The van der Waals surface area contributed by atoms with E-state index in [9.17, 15) is 4.79 Å². The number of hydrogen-bond acceptors (Lipinski definition) is 4. The predicted octanol–water partition coefficient (Wildman–Crippen LogP) is 3.00. The van der Waals surface area contributed by atoms with Gasteiger partial charge in [-0.25, -0.2) is 4.79 Å². The normalized spacial score (nSPS) is 23.5. The van der Waals surface area contributed by atoms with Gasteiger partial charge < -0.3 is 9.47 Å². The fourth-order valence-electron chi connectivity index (χ4n) is 3.42. The maximum absolute atomic E-state index is 11.5. The van der Waals surface area contributed by atoms with Gasteiger partial charge in [-0.3, -0.25) is 4.90 Å². The van der Waals surface area contributed by atoms with Crippen molar-refractivity contribution < 1.29 is 14.3 Å². The van der Waals surface area contributed by atoms with E-state index in [-0.39, 0.29) is 12.1 Å². The number of fused-ring (bicyclic) bond motifs is 1. The highest BCUT2D eigenvalue weighted by Gasteiger charge is 2.28. The molecule has 4 heteroatoms. The van der Waals surface area contributed by atoms with Gasteiger partial charge in [0, 0.05) is 11.6 Å². The summed E-state index contributed by atoms with van der Waals surface area (Å²) < 4.78 is 11.2. The quantitative estimate of drug-likeness (QED) is 0.799. The molecule has 1 aromatic rings. The first-order chi connectivity index (χ1) is 10.2. The minimum Gasteiger partial charge on any atom is -0.489 e. The number of likely N-dealkylation sites (tertiary alicyclic amines) is 1. The average Bonchev–Trinajstić information content (AvgIpc) is 2.88. The Balaban J connectivity index is 1.69. The second-order valence-corrected chi connectivity index (χ2v) is 5.91. The second-order valence-electron chi connectivity index (χ2n) is 5.91. The van der Waals surface area contributed by atoms with E-state index in [1.165, 1.54) is 25.8 Å². The highest BCUT2D eigenvalue weighted by Crippen LogP contribution is 2.27. The Bertz CT molecular complexity index is 529. The first-order valence-electron chi connectivity index (χ1n) is 7.90. The van der Waals surface area contributed by atoms with E-state index in [1.54, 1.807) is 0 Å². The summed E-state index contributed by atoms with van der Waals surface area (Å²) in [5.74, 6) is 0.607. The highest BCUT2D eigenvalue weighted by molar-refractivity contribution is 5.93. The van der Waals surface area contributed by atoms with E-state index < -0.39 is 0 Å². The molecule has 0 radical (unpaired) electrons. The molecule has 21 heavy (non-hydrogen) atoms. The van der Waals surface area contributed by atoms with Gasteiger partial charge in [0.15, 0.2) is 0 Å². The fourth-order valence-corrected chi connectivity index (χ4v) is 3.42. The Morgan fingerprint density at radius 3 is 3.10 bits per heavy atom. The van der Waals surface area contributed by atoms with Gasteiger partial charge in [0.25, 0.3) is 0 Å². The largest absolute Gasteiger partial charge is 0.489 e. The molecule has 0 spiro atoms. The predicted molar refractivity (Wildman–Crippen MR) is 80.5 cm³/mol. The van der Waals surface area contributed by atoms with Crippen LogP contribution in [0.4, 0.5) is 0 Å². The SMILES string of the molecule is CCN1CCCC[C@H]1C(C)Oc1ccc2c(c1)COC2=O. The lowest BCUT2D eigenvalue weighted by atomic mass is 9.98. The zero-order valence-corrected chi connectivity index (χ0v) is 12.8. The van der Waals surface area contributed by atoms with Gasteiger partial charge in [-0.2, -0.15) is 0 Å². The van der Waals surface area contributed by atoms with Crippen molar-refractivity contribution in [3.8, 4) is 5.75 Å². The van der Waals surface area contributed by atoms with Crippen LogP contribution in [0.2, 0.25) is 0 Å². The van der Waals surface area contributed by atoms with Crippen molar-refractivity contribution in [3.63, 3.8) is 0 Å². The zero-order chi connectivity index (χ0) is 14.8. The molecule has 0 bridgehead atoms. The van der Waals surface area contributed by atoms with Crippen LogP contribution in [0.3, 0.4) is 0 Å². The summed E-state index contributed by atoms with van der Waals surface area (Å²) in [6, 6.07) is 6.11. The summed E-state index contributed by atoms with van der Waals surface area (Å²) in [4.78, 5) is 14.0. The summed E-state index contributed by atoms with van der Waals surface area (Å²) in [5, 5.41) is 0. The minimum atomic E-state index is -0.228. The van der Waals surface area contributed by atoms with E-state index in [0.29, 0.717) is 18.2 Å². The van der Waals surface area contributed by atoms with Crippen molar-refractivity contribution in [1.29, 1.82) is 0 Å². The Kier molecular flexibility index (Phi) is 4.15. The number of rotatable bonds is 4. The van der Waals surface area contributed by atoms with E-state index >= 15 is 0 Å². The molecule has 3 rings (SSSR count). The molecule has 2 aliphatic heterocycles. The molecular weight excluding hydrogens is 266 g/mol. The molecule has 114 valence electrons. The van der Waals surface area contributed by atoms with Crippen molar-refractivity contribution in [1.82, 2.24) is 4.90 Å². The van der Waals surface area contributed by atoms with Gasteiger partial charge in [0.2, 0.25) is 0 Å². The monoisotopic (exact) mass is 289 g/mol. The van der Waals surface area contributed by atoms with Crippen LogP contribution in [-0.4, -0.2) is 36.1 Å². The van der Waals surface area contributed by atoms with Crippen molar-refractivity contribution in [3.05, 3.63) is 29.3 Å². The number of carbonyl (C=O) groups excluding carboxylic acids is 1. The maximum atomic E-state index is 11.5. The number of piperidine rings is 1. The van der Waals surface area contributed by atoms with Gasteiger partial charge in [0.1, 0.15) is 18.5 Å². The fraction of sp³-hybridized carbons (Fsp3) is 0.588. The Morgan fingerprint density at radius 2 is 2.29 bits per heavy atom.